The maximum absolute atomic E-state index is 2.44. The topological polar surface area (TPSA) is 19.7 Å². The Hall–Kier alpha value is -7.82. The van der Waals surface area contributed by atoms with E-state index in [0.717, 1.165) is 22.7 Å². The van der Waals surface area contributed by atoms with Crippen LogP contribution in [0.15, 0.2) is 206 Å². The lowest BCUT2D eigenvalue weighted by molar-refractivity contribution is 1.13. The minimum atomic E-state index is 1.13. The van der Waals surface area contributed by atoms with Crippen molar-refractivity contribution < 1.29 is 0 Å². The monoisotopic (exact) mass is 738 g/mol. The second kappa shape index (κ2) is 11.8. The summed E-state index contributed by atoms with van der Waals surface area (Å²) in [4.78, 5) is 0. The molecule has 4 nitrogen and oxygen atoms in total. The first-order valence-corrected chi connectivity index (χ1v) is 19.9. The maximum atomic E-state index is 2.44. The van der Waals surface area contributed by atoms with Gasteiger partial charge in [0.05, 0.1) is 44.1 Å². The minimum absolute atomic E-state index is 1.13. The van der Waals surface area contributed by atoms with Gasteiger partial charge in [0, 0.05) is 65.8 Å². The average molecular weight is 739 g/mol. The van der Waals surface area contributed by atoms with Gasteiger partial charge in [-0.2, -0.15) is 0 Å². The first kappa shape index (κ1) is 31.4. The van der Waals surface area contributed by atoms with Crippen LogP contribution in [-0.2, 0) is 0 Å². The highest BCUT2D eigenvalue weighted by atomic mass is 15.0. The highest BCUT2D eigenvalue weighted by Gasteiger charge is 2.19. The number of para-hydroxylation sites is 6. The molecule has 0 N–H and O–H groups in total. The van der Waals surface area contributed by atoms with Crippen LogP contribution in [0.1, 0.15) is 0 Å². The zero-order valence-corrected chi connectivity index (χ0v) is 31.4. The Labute approximate surface area is 333 Å². The van der Waals surface area contributed by atoms with Crippen LogP contribution >= 0.6 is 0 Å². The second-order valence-corrected chi connectivity index (χ2v) is 15.4. The summed E-state index contributed by atoms with van der Waals surface area (Å²) >= 11 is 0. The third-order valence-electron chi connectivity index (χ3n) is 12.3. The Morgan fingerprint density at radius 2 is 0.414 bits per heavy atom. The van der Waals surface area contributed by atoms with E-state index in [2.05, 4.69) is 225 Å². The first-order valence-electron chi connectivity index (χ1n) is 19.9. The number of fused-ring (bicyclic) bond motifs is 12. The van der Waals surface area contributed by atoms with Crippen molar-refractivity contribution in [2.75, 3.05) is 0 Å². The van der Waals surface area contributed by atoms with Crippen LogP contribution in [0.25, 0.3) is 110 Å². The van der Waals surface area contributed by atoms with Crippen molar-refractivity contribution in [1.29, 1.82) is 0 Å². The fourth-order valence-corrected chi connectivity index (χ4v) is 9.93. The van der Waals surface area contributed by atoms with Crippen molar-refractivity contribution in [2.45, 2.75) is 0 Å². The van der Waals surface area contributed by atoms with E-state index in [1.54, 1.807) is 0 Å². The minimum Gasteiger partial charge on any atom is -0.309 e. The molecule has 0 aliphatic rings. The molecule has 0 unspecified atom stereocenters. The molecule has 4 heteroatoms. The van der Waals surface area contributed by atoms with Crippen molar-refractivity contribution in [3.8, 4) is 22.7 Å². The van der Waals surface area contributed by atoms with Crippen molar-refractivity contribution in [2.24, 2.45) is 0 Å². The van der Waals surface area contributed by atoms with Crippen LogP contribution in [0.2, 0.25) is 0 Å². The highest BCUT2D eigenvalue weighted by Crippen LogP contribution is 2.40. The van der Waals surface area contributed by atoms with Crippen LogP contribution in [0.4, 0.5) is 0 Å². The molecular weight excluding hydrogens is 705 g/mol. The molecule has 0 fully saturated rings. The van der Waals surface area contributed by atoms with E-state index < -0.39 is 0 Å². The fraction of sp³-hybridized carbons (Fsp3) is 0. The van der Waals surface area contributed by atoms with E-state index in [0.29, 0.717) is 0 Å². The Balaban J connectivity index is 1.01. The molecule has 13 rings (SSSR count). The van der Waals surface area contributed by atoms with Gasteiger partial charge < -0.3 is 18.3 Å². The molecule has 0 radical (unpaired) electrons. The lowest BCUT2D eigenvalue weighted by Gasteiger charge is -2.13. The summed E-state index contributed by atoms with van der Waals surface area (Å²) in [5.74, 6) is 0. The van der Waals surface area contributed by atoms with E-state index in [9.17, 15) is 0 Å². The van der Waals surface area contributed by atoms with Crippen molar-refractivity contribution in [1.82, 2.24) is 18.3 Å². The smallest absolute Gasteiger partial charge is 0.0542 e. The van der Waals surface area contributed by atoms with E-state index >= 15 is 0 Å². The molecule has 0 bridgehead atoms. The zero-order valence-electron chi connectivity index (χ0n) is 31.4. The average Bonchev–Trinajstić information content (AvgIpc) is 4.01. The van der Waals surface area contributed by atoms with Gasteiger partial charge in [-0.1, -0.05) is 115 Å². The zero-order chi connectivity index (χ0) is 37.9. The molecule has 9 aromatic carbocycles. The van der Waals surface area contributed by atoms with E-state index in [1.165, 1.54) is 87.2 Å². The molecule has 0 saturated carbocycles. The molecule has 0 aliphatic heterocycles. The van der Waals surface area contributed by atoms with Gasteiger partial charge >= 0.3 is 0 Å². The maximum Gasteiger partial charge on any atom is 0.0542 e. The number of hydrogen-bond acceptors (Lipinski definition) is 0. The normalized spacial score (nSPS) is 12.1. The number of benzene rings is 9. The molecular formula is C54H34N4. The molecule has 0 spiro atoms. The van der Waals surface area contributed by atoms with Crippen molar-refractivity contribution in [3.05, 3.63) is 206 Å². The summed E-state index contributed by atoms with van der Waals surface area (Å²) in [6.45, 7) is 0. The van der Waals surface area contributed by atoms with Gasteiger partial charge in [-0.25, -0.2) is 0 Å². The molecule has 270 valence electrons. The van der Waals surface area contributed by atoms with Crippen LogP contribution < -0.4 is 0 Å². The van der Waals surface area contributed by atoms with Gasteiger partial charge in [-0.05, 0) is 91.0 Å². The number of hydrogen-bond donors (Lipinski definition) is 0. The van der Waals surface area contributed by atoms with Gasteiger partial charge in [0.25, 0.3) is 0 Å². The molecule has 0 atom stereocenters. The van der Waals surface area contributed by atoms with Crippen LogP contribution in [0, 0.1) is 0 Å². The summed E-state index contributed by atoms with van der Waals surface area (Å²) < 4.78 is 9.67. The number of nitrogens with zero attached hydrogens (tertiary/aromatic N) is 4. The number of aromatic nitrogens is 4. The molecule has 4 aromatic heterocycles. The summed E-state index contributed by atoms with van der Waals surface area (Å²) in [6, 6.07) is 75.5. The second-order valence-electron chi connectivity index (χ2n) is 15.4. The van der Waals surface area contributed by atoms with E-state index in [-0.39, 0.29) is 0 Å². The van der Waals surface area contributed by atoms with E-state index in [4.69, 9.17) is 0 Å². The summed E-state index contributed by atoms with van der Waals surface area (Å²) in [6.07, 6.45) is 0. The summed E-state index contributed by atoms with van der Waals surface area (Å²) in [5, 5.41) is 10.0. The molecule has 0 saturated heterocycles. The lowest BCUT2D eigenvalue weighted by Crippen LogP contribution is -1.99. The summed E-state index contributed by atoms with van der Waals surface area (Å²) in [7, 11) is 0. The quantitative estimate of drug-likeness (QED) is 0.171. The number of rotatable bonds is 4. The van der Waals surface area contributed by atoms with Crippen molar-refractivity contribution >= 4 is 87.2 Å². The molecule has 13 aromatic rings. The molecule has 0 amide bonds. The predicted octanol–water partition coefficient (Wildman–Crippen LogP) is 14.1. The third-order valence-corrected chi connectivity index (χ3v) is 12.3. The van der Waals surface area contributed by atoms with Gasteiger partial charge in [0.1, 0.15) is 0 Å². The fourth-order valence-electron chi connectivity index (χ4n) is 9.93. The molecule has 0 aliphatic carbocycles. The largest absolute Gasteiger partial charge is 0.309 e. The lowest BCUT2D eigenvalue weighted by atomic mass is 10.1. The first-order chi connectivity index (χ1) is 28.8. The molecule has 4 heterocycles. The highest BCUT2D eigenvalue weighted by molar-refractivity contribution is 6.14. The Bertz CT molecular complexity index is 3700. The third kappa shape index (κ3) is 4.29. The Kier molecular flexibility index (Phi) is 6.41. The summed E-state index contributed by atoms with van der Waals surface area (Å²) in [5.41, 5.74) is 14.2. The Morgan fingerprint density at radius 1 is 0.172 bits per heavy atom. The van der Waals surface area contributed by atoms with Gasteiger partial charge in [0.2, 0.25) is 0 Å². The molecule has 58 heavy (non-hydrogen) atoms. The van der Waals surface area contributed by atoms with Crippen molar-refractivity contribution in [3.63, 3.8) is 0 Å². The van der Waals surface area contributed by atoms with Gasteiger partial charge in [0.15, 0.2) is 0 Å². The SMILES string of the molecule is c1cc(-n2c3ccccc3c3ccccc32)cc(-n2c3ccccc3c3cc(-n4c5ccccc5c5cc(-n6c7ccccc7c7ccccc76)ccc54)ccc32)c1. The van der Waals surface area contributed by atoms with Gasteiger partial charge in [-0.3, -0.25) is 0 Å². The van der Waals surface area contributed by atoms with Crippen LogP contribution in [0.5, 0.6) is 0 Å². The van der Waals surface area contributed by atoms with Crippen LogP contribution in [-0.4, -0.2) is 18.3 Å². The van der Waals surface area contributed by atoms with Gasteiger partial charge in [-0.15, -0.1) is 0 Å². The Morgan fingerprint density at radius 3 is 0.724 bits per heavy atom. The predicted molar refractivity (Wildman–Crippen MR) is 244 cm³/mol. The van der Waals surface area contributed by atoms with E-state index in [1.807, 2.05) is 0 Å². The van der Waals surface area contributed by atoms with Crippen LogP contribution in [0.3, 0.4) is 0 Å². The standard InChI is InChI=1S/C54H34N4/c1-7-22-47-39(16-1)40-17-2-8-23-48(40)55(47)35-14-13-15-36(32-35)56-51-26-11-5-20-43(51)45-34-38(29-30-53(45)56)58-52-27-12-6-21-44(52)46-33-37(28-31-54(46)58)57-49-24-9-3-18-41(49)42-19-4-10-25-50(42)57/h1-34H.